The second kappa shape index (κ2) is 6.97. The lowest BCUT2D eigenvalue weighted by molar-refractivity contribution is -0.139. The van der Waals surface area contributed by atoms with E-state index in [4.69, 9.17) is 5.11 Å². The Morgan fingerprint density at radius 3 is 2.71 bits per heavy atom. The predicted octanol–water partition coefficient (Wildman–Crippen LogP) is 1.83. The Hall–Kier alpha value is -2.24. The van der Waals surface area contributed by atoms with E-state index in [1.54, 1.807) is 6.08 Å². The van der Waals surface area contributed by atoms with Crippen molar-refractivity contribution in [3.63, 3.8) is 0 Å². The summed E-state index contributed by atoms with van der Waals surface area (Å²) in [7, 11) is 0. The molecule has 0 fully saturated rings. The summed E-state index contributed by atoms with van der Waals surface area (Å²) < 4.78 is 0. The van der Waals surface area contributed by atoms with Crippen LogP contribution in [0, 0.1) is 0 Å². The Balaban J connectivity index is 2.00. The zero-order valence-corrected chi connectivity index (χ0v) is 11.4. The fourth-order valence-electron chi connectivity index (χ4n) is 2.03. The van der Waals surface area contributed by atoms with Crippen molar-refractivity contribution in [2.24, 2.45) is 0 Å². The number of benzene rings is 1. The predicted molar refractivity (Wildman–Crippen MR) is 79.7 cm³/mol. The topological polar surface area (TPSA) is 90.7 Å². The zero-order chi connectivity index (χ0) is 15.2. The largest absolute Gasteiger partial charge is 0.481 e. The first-order valence-corrected chi connectivity index (χ1v) is 6.66. The first kappa shape index (κ1) is 15.2. The highest BCUT2D eigenvalue weighted by atomic mass is 16.4. The number of carboxylic acid groups (broad SMARTS) is 1. The van der Waals surface area contributed by atoms with Gasteiger partial charge in [0.05, 0.1) is 29.8 Å². The van der Waals surface area contributed by atoms with E-state index in [0.717, 1.165) is 10.9 Å². The quantitative estimate of drug-likeness (QED) is 0.754. The van der Waals surface area contributed by atoms with Crippen molar-refractivity contribution >= 4 is 22.9 Å². The molecule has 0 aliphatic heterocycles. The van der Waals surface area contributed by atoms with Gasteiger partial charge in [-0.05, 0) is 18.2 Å². The van der Waals surface area contributed by atoms with Crippen molar-refractivity contribution in [2.75, 3.05) is 0 Å². The van der Waals surface area contributed by atoms with Crippen molar-refractivity contribution in [1.82, 2.24) is 4.98 Å². The number of aliphatic hydroxyl groups excluding tert-OH is 2. The second-order valence-corrected chi connectivity index (χ2v) is 4.84. The van der Waals surface area contributed by atoms with Crippen molar-refractivity contribution in [3.8, 4) is 0 Å². The number of carbonyl (C=O) groups is 1. The highest BCUT2D eigenvalue weighted by Gasteiger charge is 2.13. The molecule has 2 unspecified atom stereocenters. The maximum Gasteiger partial charge on any atom is 0.305 e. The number of aliphatic carboxylic acids is 1. The Bertz CT molecular complexity index is 654. The highest BCUT2D eigenvalue weighted by molar-refractivity contribution is 5.79. The monoisotopic (exact) mass is 287 g/mol. The molecule has 0 bridgehead atoms. The number of para-hydroxylation sites is 1. The molecular formula is C16H17NO4. The van der Waals surface area contributed by atoms with Crippen LogP contribution in [0.1, 0.15) is 18.5 Å². The molecule has 1 heterocycles. The summed E-state index contributed by atoms with van der Waals surface area (Å²) >= 11 is 0. The number of carboxylic acids is 1. The van der Waals surface area contributed by atoms with Crippen molar-refractivity contribution < 1.29 is 20.1 Å². The van der Waals surface area contributed by atoms with Gasteiger partial charge in [0, 0.05) is 11.8 Å². The summed E-state index contributed by atoms with van der Waals surface area (Å²) in [5.74, 6) is -1.09. The van der Waals surface area contributed by atoms with Crippen molar-refractivity contribution in [1.29, 1.82) is 0 Å². The second-order valence-electron chi connectivity index (χ2n) is 4.84. The number of hydrogen-bond acceptors (Lipinski definition) is 4. The average molecular weight is 287 g/mol. The molecule has 1 aromatic carbocycles. The van der Waals surface area contributed by atoms with Crippen LogP contribution in [-0.4, -0.2) is 38.5 Å². The van der Waals surface area contributed by atoms with Crippen LogP contribution in [0.4, 0.5) is 0 Å². The summed E-state index contributed by atoms with van der Waals surface area (Å²) in [6.07, 6.45) is 0.793. The minimum atomic E-state index is -1.09. The number of aliphatic hydroxyl groups is 2. The Morgan fingerprint density at radius 2 is 1.95 bits per heavy atom. The standard InChI is InChI=1S/C16H17NO4/c18-13(9-14(19)10-16(20)21)8-7-12-6-5-11-3-1-2-4-15(11)17-12/h1-8,13-14,18-19H,9-10H2,(H,20,21). The molecule has 0 radical (unpaired) electrons. The summed E-state index contributed by atoms with van der Waals surface area (Å²) in [5.41, 5.74) is 1.56. The molecule has 0 saturated heterocycles. The number of hydrogen-bond donors (Lipinski definition) is 3. The molecule has 3 N–H and O–H groups in total. The molecule has 0 amide bonds. The molecule has 2 aromatic rings. The highest BCUT2D eigenvalue weighted by Crippen LogP contribution is 2.13. The Labute approximate surface area is 122 Å². The molecule has 0 saturated carbocycles. The van der Waals surface area contributed by atoms with E-state index in [1.165, 1.54) is 6.08 Å². The third-order valence-corrected chi connectivity index (χ3v) is 3.03. The van der Waals surface area contributed by atoms with Gasteiger partial charge in [0.1, 0.15) is 0 Å². The molecular weight excluding hydrogens is 270 g/mol. The van der Waals surface area contributed by atoms with Crippen LogP contribution >= 0.6 is 0 Å². The smallest absolute Gasteiger partial charge is 0.305 e. The molecule has 0 spiro atoms. The van der Waals surface area contributed by atoms with E-state index >= 15 is 0 Å². The van der Waals surface area contributed by atoms with E-state index in [9.17, 15) is 15.0 Å². The van der Waals surface area contributed by atoms with Crippen LogP contribution in [0.15, 0.2) is 42.5 Å². The maximum absolute atomic E-state index is 10.4. The van der Waals surface area contributed by atoms with Gasteiger partial charge in [0.25, 0.3) is 0 Å². The lowest BCUT2D eigenvalue weighted by Crippen LogP contribution is -2.19. The number of nitrogens with zero attached hydrogens (tertiary/aromatic N) is 1. The molecule has 110 valence electrons. The molecule has 21 heavy (non-hydrogen) atoms. The van der Waals surface area contributed by atoms with Gasteiger partial charge in [0.2, 0.25) is 0 Å². The fraction of sp³-hybridized carbons (Fsp3) is 0.250. The van der Waals surface area contributed by atoms with Gasteiger partial charge >= 0.3 is 5.97 Å². The van der Waals surface area contributed by atoms with E-state index < -0.39 is 18.2 Å². The number of pyridine rings is 1. The lowest BCUT2D eigenvalue weighted by Gasteiger charge is -2.10. The number of rotatable bonds is 6. The third-order valence-electron chi connectivity index (χ3n) is 3.03. The first-order valence-electron chi connectivity index (χ1n) is 6.66. The van der Waals surface area contributed by atoms with Gasteiger partial charge in [-0.15, -0.1) is 0 Å². The molecule has 2 atom stereocenters. The average Bonchev–Trinajstić information content (AvgIpc) is 2.44. The van der Waals surface area contributed by atoms with Crippen molar-refractivity contribution in [2.45, 2.75) is 25.0 Å². The van der Waals surface area contributed by atoms with Gasteiger partial charge in [0.15, 0.2) is 0 Å². The fourth-order valence-corrected chi connectivity index (χ4v) is 2.03. The Kier molecular flexibility index (Phi) is 5.03. The Morgan fingerprint density at radius 1 is 1.19 bits per heavy atom. The normalized spacial score (nSPS) is 14.4. The van der Waals surface area contributed by atoms with Crippen LogP contribution in [0.2, 0.25) is 0 Å². The number of fused-ring (bicyclic) bond motifs is 1. The van der Waals surface area contributed by atoms with Gasteiger partial charge in [-0.25, -0.2) is 4.98 Å². The SMILES string of the molecule is O=C(O)CC(O)CC(O)C=Cc1ccc2ccccc2n1. The van der Waals surface area contributed by atoms with Crippen LogP contribution in [0.25, 0.3) is 17.0 Å². The first-order chi connectivity index (χ1) is 10.0. The van der Waals surface area contributed by atoms with Gasteiger partial charge in [-0.1, -0.05) is 30.3 Å². The van der Waals surface area contributed by atoms with Crippen molar-refractivity contribution in [3.05, 3.63) is 48.2 Å². The molecule has 1 aromatic heterocycles. The molecule has 0 aliphatic rings. The molecule has 0 aliphatic carbocycles. The van der Waals surface area contributed by atoms with Gasteiger partial charge in [-0.3, -0.25) is 4.79 Å². The lowest BCUT2D eigenvalue weighted by atomic mass is 10.1. The van der Waals surface area contributed by atoms with E-state index in [1.807, 2.05) is 36.4 Å². The van der Waals surface area contributed by atoms with E-state index in [-0.39, 0.29) is 12.8 Å². The summed E-state index contributed by atoms with van der Waals surface area (Å²) in [6, 6.07) is 11.5. The summed E-state index contributed by atoms with van der Waals surface area (Å²) in [6.45, 7) is 0. The molecule has 2 rings (SSSR count). The molecule has 5 nitrogen and oxygen atoms in total. The van der Waals surface area contributed by atoms with Crippen LogP contribution in [-0.2, 0) is 4.79 Å². The number of aromatic nitrogens is 1. The van der Waals surface area contributed by atoms with E-state index in [0.29, 0.717) is 5.69 Å². The van der Waals surface area contributed by atoms with Crippen LogP contribution in [0.3, 0.4) is 0 Å². The van der Waals surface area contributed by atoms with Gasteiger partial charge < -0.3 is 15.3 Å². The minimum Gasteiger partial charge on any atom is -0.481 e. The van der Waals surface area contributed by atoms with Gasteiger partial charge in [-0.2, -0.15) is 0 Å². The van der Waals surface area contributed by atoms with E-state index in [2.05, 4.69) is 4.98 Å². The van der Waals surface area contributed by atoms with Crippen LogP contribution < -0.4 is 0 Å². The maximum atomic E-state index is 10.4. The van der Waals surface area contributed by atoms with Crippen LogP contribution in [0.5, 0.6) is 0 Å². The summed E-state index contributed by atoms with van der Waals surface area (Å²) in [5, 5.41) is 28.7. The minimum absolute atomic E-state index is 0.0175. The molecule has 5 heteroatoms. The summed E-state index contributed by atoms with van der Waals surface area (Å²) in [4.78, 5) is 14.8. The third kappa shape index (κ3) is 4.66. The zero-order valence-electron chi connectivity index (χ0n) is 11.4.